The molecule has 0 spiro atoms. The number of hydrogen-bond acceptors (Lipinski definition) is 3. The van der Waals surface area contributed by atoms with Crippen molar-refractivity contribution in [1.29, 1.82) is 0 Å². The van der Waals surface area contributed by atoms with E-state index in [4.69, 9.17) is 4.74 Å². The maximum Gasteiger partial charge on any atom is 0.212 e. The summed E-state index contributed by atoms with van der Waals surface area (Å²) in [7, 11) is 1.63. The lowest BCUT2D eigenvalue weighted by molar-refractivity contribution is 0.398. The number of rotatable bonds is 5. The van der Waals surface area contributed by atoms with E-state index >= 15 is 0 Å². The highest BCUT2D eigenvalue weighted by Gasteiger charge is 2.19. The van der Waals surface area contributed by atoms with Gasteiger partial charge in [0.25, 0.3) is 0 Å². The molecule has 1 aliphatic carbocycles. The molecule has 0 bridgehead atoms. The van der Waals surface area contributed by atoms with E-state index < -0.39 is 0 Å². The summed E-state index contributed by atoms with van der Waals surface area (Å²) in [4.78, 5) is 4.25. The highest BCUT2D eigenvalue weighted by Crippen LogP contribution is 2.23. The minimum atomic E-state index is 0.648. The van der Waals surface area contributed by atoms with E-state index in [1.807, 2.05) is 18.3 Å². The number of methoxy groups -OCH3 is 1. The van der Waals surface area contributed by atoms with Crippen molar-refractivity contribution in [1.82, 2.24) is 10.3 Å². The molecular formula is C16H18N2O. The third kappa shape index (κ3) is 3.12. The van der Waals surface area contributed by atoms with E-state index in [1.54, 1.807) is 7.11 Å². The summed E-state index contributed by atoms with van der Waals surface area (Å²) in [5.41, 5.74) is 3.64. The minimum Gasteiger partial charge on any atom is -0.481 e. The van der Waals surface area contributed by atoms with Gasteiger partial charge in [-0.2, -0.15) is 0 Å². The van der Waals surface area contributed by atoms with Crippen LogP contribution in [0.1, 0.15) is 18.4 Å². The summed E-state index contributed by atoms with van der Waals surface area (Å²) in [6.45, 7) is 0.947. The zero-order valence-electron chi connectivity index (χ0n) is 11.1. The molecule has 3 rings (SSSR count). The third-order valence-electron chi connectivity index (χ3n) is 3.38. The third-order valence-corrected chi connectivity index (χ3v) is 3.38. The van der Waals surface area contributed by atoms with E-state index in [0.29, 0.717) is 5.88 Å². The maximum absolute atomic E-state index is 5.08. The van der Waals surface area contributed by atoms with Crippen LogP contribution < -0.4 is 10.1 Å². The number of hydrogen-bond donors (Lipinski definition) is 1. The van der Waals surface area contributed by atoms with Crippen molar-refractivity contribution in [3.8, 4) is 17.0 Å². The number of nitrogens with zero attached hydrogens (tertiary/aromatic N) is 1. The Morgan fingerprint density at radius 2 is 2.11 bits per heavy atom. The van der Waals surface area contributed by atoms with E-state index in [-0.39, 0.29) is 0 Å². The molecule has 1 fully saturated rings. The lowest BCUT2D eigenvalue weighted by Gasteiger charge is -2.07. The van der Waals surface area contributed by atoms with Crippen LogP contribution in [-0.4, -0.2) is 18.1 Å². The lowest BCUT2D eigenvalue weighted by atomic mass is 10.0. The predicted octanol–water partition coefficient (Wildman–Crippen LogP) is 3.01. The summed E-state index contributed by atoms with van der Waals surface area (Å²) in [6.07, 6.45) is 4.50. The van der Waals surface area contributed by atoms with Crippen LogP contribution in [0, 0.1) is 0 Å². The van der Waals surface area contributed by atoms with Crippen LogP contribution in [0.5, 0.6) is 5.88 Å². The molecule has 1 aliphatic rings. The quantitative estimate of drug-likeness (QED) is 0.890. The van der Waals surface area contributed by atoms with Gasteiger partial charge < -0.3 is 10.1 Å². The first-order valence-corrected chi connectivity index (χ1v) is 6.68. The first kappa shape index (κ1) is 12.2. The van der Waals surface area contributed by atoms with Crippen LogP contribution in [0.25, 0.3) is 11.1 Å². The van der Waals surface area contributed by atoms with Crippen LogP contribution in [0.2, 0.25) is 0 Å². The number of benzene rings is 1. The van der Waals surface area contributed by atoms with Crippen molar-refractivity contribution in [2.75, 3.05) is 7.11 Å². The Balaban J connectivity index is 1.76. The summed E-state index contributed by atoms with van der Waals surface area (Å²) >= 11 is 0. The Bertz CT molecular complexity index is 547. The number of aromatic nitrogens is 1. The van der Waals surface area contributed by atoms with Gasteiger partial charge in [0.2, 0.25) is 5.88 Å². The van der Waals surface area contributed by atoms with Crippen LogP contribution >= 0.6 is 0 Å². The fraction of sp³-hybridized carbons (Fsp3) is 0.312. The molecule has 1 saturated carbocycles. The van der Waals surface area contributed by atoms with Crippen molar-refractivity contribution in [3.63, 3.8) is 0 Å². The lowest BCUT2D eigenvalue weighted by Crippen LogP contribution is -2.15. The van der Waals surface area contributed by atoms with Gasteiger partial charge in [-0.15, -0.1) is 0 Å². The zero-order valence-corrected chi connectivity index (χ0v) is 11.1. The Labute approximate surface area is 113 Å². The number of ether oxygens (including phenoxy) is 1. The van der Waals surface area contributed by atoms with Gasteiger partial charge in [-0.25, -0.2) is 4.98 Å². The molecule has 0 atom stereocenters. The molecule has 0 unspecified atom stereocenters. The average Bonchev–Trinajstić information content (AvgIpc) is 3.30. The summed E-state index contributed by atoms with van der Waals surface area (Å²) in [5, 5.41) is 3.53. The topological polar surface area (TPSA) is 34.1 Å². The van der Waals surface area contributed by atoms with Gasteiger partial charge in [0, 0.05) is 30.4 Å². The molecule has 0 amide bonds. The van der Waals surface area contributed by atoms with E-state index in [1.165, 1.54) is 24.0 Å². The summed E-state index contributed by atoms with van der Waals surface area (Å²) < 4.78 is 5.08. The Morgan fingerprint density at radius 3 is 2.79 bits per heavy atom. The van der Waals surface area contributed by atoms with Crippen molar-refractivity contribution in [2.45, 2.75) is 25.4 Å². The molecule has 0 saturated heterocycles. The molecule has 3 nitrogen and oxygen atoms in total. The highest BCUT2D eigenvalue weighted by molar-refractivity contribution is 5.63. The van der Waals surface area contributed by atoms with Gasteiger partial charge in [-0.05, 0) is 36.1 Å². The monoisotopic (exact) mass is 254 g/mol. The fourth-order valence-electron chi connectivity index (χ4n) is 2.08. The molecule has 1 aromatic heterocycles. The van der Waals surface area contributed by atoms with Crippen LogP contribution in [0.3, 0.4) is 0 Å². The Kier molecular flexibility index (Phi) is 3.47. The van der Waals surface area contributed by atoms with E-state index in [0.717, 1.165) is 18.2 Å². The molecule has 2 aromatic rings. The van der Waals surface area contributed by atoms with Crippen molar-refractivity contribution < 1.29 is 4.74 Å². The predicted molar refractivity (Wildman–Crippen MR) is 76.1 cm³/mol. The Morgan fingerprint density at radius 1 is 1.21 bits per heavy atom. The van der Waals surface area contributed by atoms with Crippen LogP contribution in [0.15, 0.2) is 42.6 Å². The molecule has 1 N–H and O–H groups in total. The standard InChI is InChI=1S/C16H18N2O/c1-19-16-8-5-14(11-18-16)13-4-2-3-12(9-13)10-17-15-6-7-15/h2-5,8-9,11,15,17H,6-7,10H2,1H3. The maximum atomic E-state index is 5.08. The largest absolute Gasteiger partial charge is 0.481 e. The second kappa shape index (κ2) is 5.41. The summed E-state index contributed by atoms with van der Waals surface area (Å²) in [6, 6.07) is 13.3. The first-order chi connectivity index (χ1) is 9.35. The van der Waals surface area contributed by atoms with Crippen LogP contribution in [0.4, 0.5) is 0 Å². The molecule has 0 aliphatic heterocycles. The smallest absolute Gasteiger partial charge is 0.212 e. The van der Waals surface area contributed by atoms with Gasteiger partial charge in [0.1, 0.15) is 0 Å². The van der Waals surface area contributed by atoms with Crippen LogP contribution in [-0.2, 0) is 6.54 Å². The number of nitrogens with one attached hydrogen (secondary N) is 1. The second-order valence-electron chi connectivity index (χ2n) is 4.94. The molecule has 1 aromatic carbocycles. The van der Waals surface area contributed by atoms with E-state index in [9.17, 15) is 0 Å². The molecule has 0 radical (unpaired) electrons. The zero-order chi connectivity index (χ0) is 13.1. The highest BCUT2D eigenvalue weighted by atomic mass is 16.5. The average molecular weight is 254 g/mol. The van der Waals surface area contributed by atoms with Gasteiger partial charge in [-0.1, -0.05) is 18.2 Å². The normalized spacial score (nSPS) is 14.4. The molecule has 1 heterocycles. The summed E-state index contributed by atoms with van der Waals surface area (Å²) in [5.74, 6) is 0.648. The number of pyridine rings is 1. The van der Waals surface area contributed by atoms with Crippen molar-refractivity contribution in [2.24, 2.45) is 0 Å². The first-order valence-electron chi connectivity index (χ1n) is 6.68. The molecular weight excluding hydrogens is 236 g/mol. The second-order valence-corrected chi connectivity index (χ2v) is 4.94. The molecule has 19 heavy (non-hydrogen) atoms. The van der Waals surface area contributed by atoms with E-state index in [2.05, 4.69) is 34.6 Å². The minimum absolute atomic E-state index is 0.648. The van der Waals surface area contributed by atoms with Crippen molar-refractivity contribution in [3.05, 3.63) is 48.2 Å². The van der Waals surface area contributed by atoms with Gasteiger partial charge in [0.15, 0.2) is 0 Å². The van der Waals surface area contributed by atoms with Gasteiger partial charge in [0.05, 0.1) is 7.11 Å². The molecule has 98 valence electrons. The SMILES string of the molecule is COc1ccc(-c2cccc(CNC3CC3)c2)cn1. The fourth-order valence-corrected chi connectivity index (χ4v) is 2.08. The van der Waals surface area contributed by atoms with Gasteiger partial charge in [-0.3, -0.25) is 0 Å². The van der Waals surface area contributed by atoms with Gasteiger partial charge >= 0.3 is 0 Å². The molecule has 3 heteroatoms. The van der Waals surface area contributed by atoms with Crippen molar-refractivity contribution >= 4 is 0 Å². The Hall–Kier alpha value is -1.87.